The van der Waals surface area contributed by atoms with Crippen LogP contribution in [-0.4, -0.2) is 54.6 Å². The number of nitrogens with zero attached hydrogens (tertiary/aromatic N) is 2. The van der Waals surface area contributed by atoms with Gasteiger partial charge in [0, 0.05) is 30.8 Å². The van der Waals surface area contributed by atoms with Gasteiger partial charge in [0.1, 0.15) is 13.2 Å². The predicted molar refractivity (Wildman–Crippen MR) is 94.9 cm³/mol. The van der Waals surface area contributed by atoms with Gasteiger partial charge in [0.15, 0.2) is 11.5 Å². The second-order valence-electron chi connectivity index (χ2n) is 6.68. The van der Waals surface area contributed by atoms with E-state index in [2.05, 4.69) is 28.1 Å². The summed E-state index contributed by atoms with van der Waals surface area (Å²) >= 11 is 0. The summed E-state index contributed by atoms with van der Waals surface area (Å²) in [6.45, 7) is 8.04. The molecule has 1 N–H and O–H groups in total. The zero-order chi connectivity index (χ0) is 17.1. The molecule has 6 nitrogen and oxygen atoms in total. The van der Waals surface area contributed by atoms with Crippen LogP contribution in [0.4, 0.5) is 0 Å². The second kappa shape index (κ2) is 7.45. The number of hydrogen-bond donors (Lipinski definition) is 1. The summed E-state index contributed by atoms with van der Waals surface area (Å²) in [5, 5.41) is 7.42. The van der Waals surface area contributed by atoms with Crippen LogP contribution in [-0.2, 0) is 11.3 Å². The lowest BCUT2D eigenvalue weighted by Gasteiger charge is -2.19. The van der Waals surface area contributed by atoms with Gasteiger partial charge < -0.3 is 14.2 Å². The summed E-state index contributed by atoms with van der Waals surface area (Å²) in [6, 6.07) is 6.07. The Morgan fingerprint density at radius 1 is 1.28 bits per heavy atom. The standard InChI is InChI=1S/C19H25N3O3/c1-2-23-13-14-5-6-22(11-14)12-16-10-20-21-19(16)15-3-4-17-18(9-15)25-8-7-24-17/h3-4,9-10,14H,2,5-8,11-13H2,1H3,(H,20,21). The first-order valence-corrected chi connectivity index (χ1v) is 9.06. The van der Waals surface area contributed by atoms with Crippen molar-refractivity contribution in [2.45, 2.75) is 19.9 Å². The quantitative estimate of drug-likeness (QED) is 0.874. The molecule has 2 aromatic rings. The Hall–Kier alpha value is -2.05. The van der Waals surface area contributed by atoms with Gasteiger partial charge in [-0.1, -0.05) is 0 Å². The van der Waals surface area contributed by atoms with Crippen molar-refractivity contribution in [3.63, 3.8) is 0 Å². The van der Waals surface area contributed by atoms with Crippen molar-refractivity contribution in [2.75, 3.05) is 39.5 Å². The Balaban J connectivity index is 1.46. The lowest BCUT2D eigenvalue weighted by molar-refractivity contribution is 0.111. The van der Waals surface area contributed by atoms with Gasteiger partial charge in [-0.05, 0) is 44.0 Å². The van der Waals surface area contributed by atoms with Crippen molar-refractivity contribution in [1.29, 1.82) is 0 Å². The number of fused-ring (bicyclic) bond motifs is 1. The molecule has 1 unspecified atom stereocenters. The van der Waals surface area contributed by atoms with Crippen molar-refractivity contribution in [1.82, 2.24) is 15.1 Å². The van der Waals surface area contributed by atoms with Crippen LogP contribution < -0.4 is 9.47 Å². The fourth-order valence-electron chi connectivity index (χ4n) is 3.60. The molecule has 134 valence electrons. The summed E-state index contributed by atoms with van der Waals surface area (Å²) in [4.78, 5) is 2.48. The Morgan fingerprint density at radius 2 is 2.16 bits per heavy atom. The highest BCUT2D eigenvalue weighted by Gasteiger charge is 2.24. The molecule has 1 aromatic carbocycles. The summed E-state index contributed by atoms with van der Waals surface area (Å²) in [6.07, 6.45) is 3.14. The molecule has 1 saturated heterocycles. The van der Waals surface area contributed by atoms with E-state index in [4.69, 9.17) is 14.2 Å². The fraction of sp³-hybridized carbons (Fsp3) is 0.526. The van der Waals surface area contributed by atoms with Crippen LogP contribution in [0, 0.1) is 5.92 Å². The molecule has 4 rings (SSSR count). The van der Waals surface area contributed by atoms with E-state index >= 15 is 0 Å². The van der Waals surface area contributed by atoms with E-state index in [0.29, 0.717) is 19.1 Å². The SMILES string of the molecule is CCOCC1CCN(Cc2cn[nH]c2-c2ccc3c(c2)OCCO3)C1. The molecule has 2 aliphatic heterocycles. The predicted octanol–water partition coefficient (Wildman–Crippen LogP) is 2.71. The van der Waals surface area contributed by atoms with Crippen LogP contribution in [0.1, 0.15) is 18.9 Å². The van der Waals surface area contributed by atoms with Crippen molar-refractivity contribution in [3.05, 3.63) is 30.0 Å². The van der Waals surface area contributed by atoms with Crippen molar-refractivity contribution < 1.29 is 14.2 Å². The van der Waals surface area contributed by atoms with Crippen LogP contribution in [0.5, 0.6) is 11.5 Å². The monoisotopic (exact) mass is 343 g/mol. The Morgan fingerprint density at radius 3 is 3.04 bits per heavy atom. The maximum atomic E-state index is 5.70. The van der Waals surface area contributed by atoms with Crippen LogP contribution >= 0.6 is 0 Å². The topological polar surface area (TPSA) is 59.6 Å². The second-order valence-corrected chi connectivity index (χ2v) is 6.68. The third kappa shape index (κ3) is 3.65. The molecular formula is C19H25N3O3. The molecule has 1 aromatic heterocycles. The van der Waals surface area contributed by atoms with Crippen molar-refractivity contribution in [2.24, 2.45) is 5.92 Å². The largest absolute Gasteiger partial charge is 0.486 e. The van der Waals surface area contributed by atoms with E-state index in [9.17, 15) is 0 Å². The molecule has 1 atom stereocenters. The van der Waals surface area contributed by atoms with E-state index in [1.165, 1.54) is 12.0 Å². The smallest absolute Gasteiger partial charge is 0.162 e. The minimum Gasteiger partial charge on any atom is -0.486 e. The number of aromatic amines is 1. The molecule has 3 heterocycles. The highest BCUT2D eigenvalue weighted by molar-refractivity contribution is 5.66. The van der Waals surface area contributed by atoms with Gasteiger partial charge in [-0.15, -0.1) is 0 Å². The fourth-order valence-corrected chi connectivity index (χ4v) is 3.60. The van der Waals surface area contributed by atoms with E-state index in [1.54, 1.807) is 0 Å². The minimum atomic E-state index is 0.598. The van der Waals surface area contributed by atoms with Crippen LogP contribution in [0.25, 0.3) is 11.3 Å². The molecule has 6 heteroatoms. The molecule has 0 bridgehead atoms. The molecular weight excluding hydrogens is 318 g/mol. The lowest BCUT2D eigenvalue weighted by atomic mass is 10.1. The third-order valence-electron chi connectivity index (χ3n) is 4.87. The number of H-pyrrole nitrogens is 1. The van der Waals surface area contributed by atoms with Gasteiger partial charge in [0.2, 0.25) is 0 Å². The number of likely N-dealkylation sites (tertiary alicyclic amines) is 1. The first-order chi connectivity index (χ1) is 12.3. The average molecular weight is 343 g/mol. The van der Waals surface area contributed by atoms with Crippen molar-refractivity contribution >= 4 is 0 Å². The first kappa shape index (κ1) is 16.4. The van der Waals surface area contributed by atoms with Gasteiger partial charge in [0.05, 0.1) is 18.5 Å². The molecule has 0 aliphatic carbocycles. The van der Waals surface area contributed by atoms with Gasteiger partial charge in [-0.25, -0.2) is 0 Å². The number of hydrogen-bond acceptors (Lipinski definition) is 5. The summed E-state index contributed by atoms with van der Waals surface area (Å²) in [5.74, 6) is 2.27. The molecule has 0 radical (unpaired) electrons. The number of ether oxygens (including phenoxy) is 3. The molecule has 1 fully saturated rings. The van der Waals surface area contributed by atoms with Crippen LogP contribution in [0.3, 0.4) is 0 Å². The lowest BCUT2D eigenvalue weighted by Crippen LogP contribution is -2.21. The highest BCUT2D eigenvalue weighted by Crippen LogP contribution is 2.35. The van der Waals surface area contributed by atoms with Gasteiger partial charge >= 0.3 is 0 Å². The first-order valence-electron chi connectivity index (χ1n) is 9.06. The van der Waals surface area contributed by atoms with Crippen LogP contribution in [0.15, 0.2) is 24.4 Å². The maximum absolute atomic E-state index is 5.70. The number of aromatic nitrogens is 2. The molecule has 0 spiro atoms. The van der Waals surface area contributed by atoms with Gasteiger partial charge in [0.25, 0.3) is 0 Å². The summed E-state index contributed by atoms with van der Waals surface area (Å²) in [5.41, 5.74) is 3.36. The average Bonchev–Trinajstić information content (AvgIpc) is 3.29. The molecule has 0 amide bonds. The Labute approximate surface area is 148 Å². The number of nitrogens with one attached hydrogen (secondary N) is 1. The van der Waals surface area contributed by atoms with E-state index in [1.807, 2.05) is 18.3 Å². The van der Waals surface area contributed by atoms with Crippen molar-refractivity contribution in [3.8, 4) is 22.8 Å². The zero-order valence-electron chi connectivity index (χ0n) is 14.7. The van der Waals surface area contributed by atoms with E-state index < -0.39 is 0 Å². The van der Waals surface area contributed by atoms with E-state index in [0.717, 1.165) is 55.6 Å². The normalized spacial score (nSPS) is 20.1. The summed E-state index contributed by atoms with van der Waals surface area (Å²) in [7, 11) is 0. The minimum absolute atomic E-state index is 0.598. The number of benzene rings is 1. The summed E-state index contributed by atoms with van der Waals surface area (Å²) < 4.78 is 16.9. The highest BCUT2D eigenvalue weighted by atomic mass is 16.6. The Bertz CT molecular complexity index is 716. The van der Waals surface area contributed by atoms with E-state index in [-0.39, 0.29) is 0 Å². The third-order valence-corrected chi connectivity index (χ3v) is 4.87. The zero-order valence-corrected chi connectivity index (χ0v) is 14.7. The van der Waals surface area contributed by atoms with Gasteiger partial charge in [-0.2, -0.15) is 5.10 Å². The van der Waals surface area contributed by atoms with Crippen LogP contribution in [0.2, 0.25) is 0 Å². The molecule has 0 saturated carbocycles. The molecule has 2 aliphatic rings. The Kier molecular flexibility index (Phi) is 4.90. The van der Waals surface area contributed by atoms with Gasteiger partial charge in [-0.3, -0.25) is 10.00 Å². The molecule has 25 heavy (non-hydrogen) atoms. The number of rotatable bonds is 6. The maximum Gasteiger partial charge on any atom is 0.162 e.